The molecule has 0 aliphatic carbocycles. The Morgan fingerprint density at radius 3 is 2.31 bits per heavy atom. The van der Waals surface area contributed by atoms with E-state index in [-0.39, 0.29) is 23.5 Å². The first kappa shape index (κ1) is 21.7. The van der Waals surface area contributed by atoms with Crippen LogP contribution in [0.25, 0.3) is 0 Å². The van der Waals surface area contributed by atoms with E-state index in [1.165, 1.54) is 11.1 Å². The second-order valence-electron chi connectivity index (χ2n) is 10.7. The minimum atomic E-state index is -0.119. The molecule has 3 fully saturated rings. The molecule has 3 saturated heterocycles. The number of hydrogen-bond donors (Lipinski definition) is 0. The van der Waals surface area contributed by atoms with Crippen molar-refractivity contribution < 1.29 is 14.3 Å². The highest BCUT2D eigenvalue weighted by Crippen LogP contribution is 2.44. The summed E-state index contributed by atoms with van der Waals surface area (Å²) in [7, 11) is 0. The van der Waals surface area contributed by atoms with Crippen molar-refractivity contribution in [2.75, 3.05) is 19.6 Å². The standard InChI is InChI=1S/C26H37N3O3/c1-18(2)32-25(31)29-21-8-9-22(29)15-23(14-21)27-12-10-26(11-13-27)17-28(19(3)30)16-20-6-4-5-7-24(20)26/h4-7,18,21-23H,8-17H2,1-3H3. The van der Waals surface area contributed by atoms with Gasteiger partial charge in [0, 0.05) is 43.6 Å². The summed E-state index contributed by atoms with van der Waals surface area (Å²) < 4.78 is 5.53. The Balaban J connectivity index is 1.27. The van der Waals surface area contributed by atoms with E-state index in [0.29, 0.717) is 18.1 Å². The van der Waals surface area contributed by atoms with E-state index in [1.807, 2.05) is 23.6 Å². The lowest BCUT2D eigenvalue weighted by Gasteiger charge is -2.51. The highest BCUT2D eigenvalue weighted by Gasteiger charge is 2.48. The number of likely N-dealkylation sites (tertiary alicyclic amines) is 1. The number of nitrogens with zero attached hydrogens (tertiary/aromatic N) is 3. The summed E-state index contributed by atoms with van der Waals surface area (Å²) in [6.07, 6.45) is 6.34. The predicted molar refractivity (Wildman–Crippen MR) is 123 cm³/mol. The summed E-state index contributed by atoms with van der Waals surface area (Å²) >= 11 is 0. The van der Waals surface area contributed by atoms with Crippen LogP contribution in [0.5, 0.6) is 0 Å². The van der Waals surface area contributed by atoms with Gasteiger partial charge in [0.25, 0.3) is 0 Å². The Morgan fingerprint density at radius 1 is 1.03 bits per heavy atom. The van der Waals surface area contributed by atoms with Crippen LogP contribution in [-0.4, -0.2) is 70.6 Å². The van der Waals surface area contributed by atoms with Gasteiger partial charge in [0.15, 0.2) is 0 Å². The molecule has 2 bridgehead atoms. The number of fused-ring (bicyclic) bond motifs is 4. The molecule has 6 nitrogen and oxygen atoms in total. The molecule has 4 aliphatic heterocycles. The first-order valence-electron chi connectivity index (χ1n) is 12.4. The second-order valence-corrected chi connectivity index (χ2v) is 10.7. The van der Waals surface area contributed by atoms with Crippen molar-refractivity contribution >= 4 is 12.0 Å². The summed E-state index contributed by atoms with van der Waals surface area (Å²) in [6.45, 7) is 9.27. The van der Waals surface area contributed by atoms with Gasteiger partial charge in [-0.1, -0.05) is 24.3 Å². The Morgan fingerprint density at radius 2 is 1.69 bits per heavy atom. The maximum absolute atomic E-state index is 12.6. The number of ether oxygens (including phenoxy) is 1. The fourth-order valence-corrected chi connectivity index (χ4v) is 6.86. The van der Waals surface area contributed by atoms with Crippen molar-refractivity contribution in [1.29, 1.82) is 0 Å². The van der Waals surface area contributed by atoms with Crippen molar-refractivity contribution in [1.82, 2.24) is 14.7 Å². The predicted octanol–water partition coefficient (Wildman–Crippen LogP) is 3.92. The minimum Gasteiger partial charge on any atom is -0.447 e. The van der Waals surface area contributed by atoms with E-state index in [9.17, 15) is 9.59 Å². The molecule has 0 N–H and O–H groups in total. The fourth-order valence-electron chi connectivity index (χ4n) is 6.86. The van der Waals surface area contributed by atoms with Crippen LogP contribution in [0.3, 0.4) is 0 Å². The van der Waals surface area contributed by atoms with Crippen molar-refractivity contribution in [2.45, 2.75) is 95.5 Å². The monoisotopic (exact) mass is 439 g/mol. The van der Waals surface area contributed by atoms with E-state index in [4.69, 9.17) is 4.74 Å². The molecule has 1 aromatic carbocycles. The molecule has 32 heavy (non-hydrogen) atoms. The lowest BCUT2D eigenvalue weighted by Crippen LogP contribution is -2.57. The number of carbonyl (C=O) groups is 2. The van der Waals surface area contributed by atoms with Gasteiger partial charge >= 0.3 is 6.09 Å². The molecule has 2 unspecified atom stereocenters. The fraction of sp³-hybridized carbons (Fsp3) is 0.692. The molecule has 2 amide bonds. The number of carbonyl (C=O) groups excluding carboxylic acids is 2. The average molecular weight is 440 g/mol. The van der Waals surface area contributed by atoms with Crippen LogP contribution in [0.4, 0.5) is 4.79 Å². The van der Waals surface area contributed by atoms with Gasteiger partial charge in [0.1, 0.15) is 0 Å². The largest absolute Gasteiger partial charge is 0.447 e. The van der Waals surface area contributed by atoms with Crippen LogP contribution < -0.4 is 0 Å². The van der Waals surface area contributed by atoms with Crippen molar-refractivity contribution in [2.24, 2.45) is 0 Å². The molecule has 5 rings (SSSR count). The third kappa shape index (κ3) is 3.81. The SMILES string of the molecule is CC(=O)N1Cc2ccccc2C2(CCN(C3CC4CCC(C3)N4C(=O)OC(C)C)CC2)C1. The lowest BCUT2D eigenvalue weighted by atomic mass is 9.68. The quantitative estimate of drug-likeness (QED) is 0.701. The van der Waals surface area contributed by atoms with Crippen molar-refractivity contribution in [3.05, 3.63) is 35.4 Å². The van der Waals surface area contributed by atoms with Gasteiger partial charge in [0.2, 0.25) is 5.91 Å². The van der Waals surface area contributed by atoms with Crippen LogP contribution in [0, 0.1) is 0 Å². The number of benzene rings is 1. The Bertz CT molecular complexity index is 863. The van der Waals surface area contributed by atoms with Crippen LogP contribution >= 0.6 is 0 Å². The topological polar surface area (TPSA) is 53.1 Å². The summed E-state index contributed by atoms with van der Waals surface area (Å²) in [5.41, 5.74) is 2.86. The maximum atomic E-state index is 12.6. The maximum Gasteiger partial charge on any atom is 0.410 e. The first-order valence-corrected chi connectivity index (χ1v) is 12.4. The third-order valence-corrected chi connectivity index (χ3v) is 8.42. The van der Waals surface area contributed by atoms with Gasteiger partial charge in [-0.05, 0) is 76.6 Å². The Labute approximate surface area is 191 Å². The third-order valence-electron chi connectivity index (χ3n) is 8.42. The zero-order valence-corrected chi connectivity index (χ0v) is 19.8. The summed E-state index contributed by atoms with van der Waals surface area (Å²) in [5.74, 6) is 0.179. The van der Waals surface area contributed by atoms with Gasteiger partial charge in [-0.25, -0.2) is 4.79 Å². The molecule has 2 atom stereocenters. The molecule has 4 aliphatic rings. The molecule has 0 aromatic heterocycles. The number of rotatable bonds is 2. The molecule has 6 heteroatoms. The molecule has 0 saturated carbocycles. The molecule has 1 spiro atoms. The Kier molecular flexibility index (Phi) is 5.68. The highest BCUT2D eigenvalue weighted by atomic mass is 16.6. The summed E-state index contributed by atoms with van der Waals surface area (Å²) in [5, 5.41) is 0. The second kappa shape index (κ2) is 8.36. The van der Waals surface area contributed by atoms with Gasteiger partial charge < -0.3 is 19.4 Å². The lowest BCUT2D eigenvalue weighted by molar-refractivity contribution is -0.131. The zero-order valence-electron chi connectivity index (χ0n) is 19.8. The minimum absolute atomic E-state index is 0.0640. The van der Waals surface area contributed by atoms with Crippen molar-refractivity contribution in [3.8, 4) is 0 Å². The smallest absolute Gasteiger partial charge is 0.410 e. The summed E-state index contributed by atoms with van der Waals surface area (Å²) in [6, 6.07) is 9.94. The molecule has 4 heterocycles. The van der Waals surface area contributed by atoms with E-state index in [0.717, 1.165) is 64.7 Å². The van der Waals surface area contributed by atoms with Gasteiger partial charge in [0.05, 0.1) is 6.10 Å². The highest BCUT2D eigenvalue weighted by molar-refractivity contribution is 5.74. The Hall–Kier alpha value is -2.08. The van der Waals surface area contributed by atoms with Crippen molar-refractivity contribution in [3.63, 3.8) is 0 Å². The van der Waals surface area contributed by atoms with Crippen LogP contribution in [0.1, 0.15) is 70.4 Å². The molecular weight excluding hydrogens is 402 g/mol. The van der Waals surface area contributed by atoms with E-state index in [2.05, 4.69) is 29.2 Å². The van der Waals surface area contributed by atoms with Gasteiger partial charge in [-0.15, -0.1) is 0 Å². The van der Waals surface area contributed by atoms with E-state index >= 15 is 0 Å². The van der Waals surface area contributed by atoms with Crippen LogP contribution in [0.2, 0.25) is 0 Å². The van der Waals surface area contributed by atoms with E-state index in [1.54, 1.807) is 6.92 Å². The van der Waals surface area contributed by atoms with E-state index < -0.39 is 0 Å². The molecule has 0 radical (unpaired) electrons. The summed E-state index contributed by atoms with van der Waals surface area (Å²) in [4.78, 5) is 31.6. The number of piperidine rings is 2. The normalized spacial score (nSPS) is 29.3. The number of amides is 2. The number of hydrogen-bond acceptors (Lipinski definition) is 4. The van der Waals surface area contributed by atoms with Gasteiger partial charge in [-0.3, -0.25) is 4.79 Å². The molecular formula is C26H37N3O3. The molecule has 1 aromatic rings. The van der Waals surface area contributed by atoms with Gasteiger partial charge in [-0.2, -0.15) is 0 Å². The molecule has 174 valence electrons. The average Bonchev–Trinajstić information content (AvgIpc) is 3.03. The zero-order chi connectivity index (χ0) is 22.5. The van der Waals surface area contributed by atoms with Crippen LogP contribution in [0.15, 0.2) is 24.3 Å². The van der Waals surface area contributed by atoms with Crippen LogP contribution in [-0.2, 0) is 21.5 Å². The first-order chi connectivity index (χ1) is 15.4.